The predicted molar refractivity (Wildman–Crippen MR) is 94.8 cm³/mol. The fraction of sp³-hybridized carbons (Fsp3) is 0.300. The molecule has 1 atom stereocenters. The number of esters is 1. The van der Waals surface area contributed by atoms with E-state index in [1.165, 1.54) is 13.0 Å². The standard InChI is InChI=1S/C20H22FNO3/c1-13-8-9-14(2)18(12-13)22-20(24)15(3)25-19(23)11-10-16-6-4-5-7-17(16)21/h4-9,12,15H,10-11H2,1-3H3,(H,22,24)/t15-/m1/s1. The highest BCUT2D eigenvalue weighted by Gasteiger charge is 2.18. The first kappa shape index (κ1) is 18.6. The lowest BCUT2D eigenvalue weighted by Crippen LogP contribution is -2.30. The van der Waals surface area contributed by atoms with Crippen molar-refractivity contribution in [3.63, 3.8) is 0 Å². The summed E-state index contributed by atoms with van der Waals surface area (Å²) in [5.41, 5.74) is 3.10. The van der Waals surface area contributed by atoms with Crippen LogP contribution in [0.3, 0.4) is 0 Å². The second-order valence-electron chi connectivity index (χ2n) is 6.03. The maximum Gasteiger partial charge on any atom is 0.306 e. The van der Waals surface area contributed by atoms with Crippen LogP contribution in [-0.2, 0) is 20.7 Å². The van der Waals surface area contributed by atoms with Crippen LogP contribution in [0.5, 0.6) is 0 Å². The Morgan fingerprint density at radius 1 is 1.16 bits per heavy atom. The Morgan fingerprint density at radius 3 is 2.60 bits per heavy atom. The van der Waals surface area contributed by atoms with Crippen LogP contribution >= 0.6 is 0 Å². The van der Waals surface area contributed by atoms with Crippen LogP contribution in [0.1, 0.15) is 30.0 Å². The van der Waals surface area contributed by atoms with E-state index in [9.17, 15) is 14.0 Å². The van der Waals surface area contributed by atoms with E-state index >= 15 is 0 Å². The minimum atomic E-state index is -0.923. The summed E-state index contributed by atoms with van der Waals surface area (Å²) in [6, 6.07) is 12.0. The number of hydrogen-bond donors (Lipinski definition) is 1. The molecule has 0 saturated carbocycles. The number of anilines is 1. The summed E-state index contributed by atoms with van der Waals surface area (Å²) in [6.07, 6.45) is -0.674. The minimum absolute atomic E-state index is 0.0159. The third-order valence-electron chi connectivity index (χ3n) is 3.88. The van der Waals surface area contributed by atoms with Crippen molar-refractivity contribution in [1.29, 1.82) is 0 Å². The first-order valence-electron chi connectivity index (χ1n) is 8.18. The van der Waals surface area contributed by atoms with Crippen molar-refractivity contribution in [2.45, 2.75) is 39.7 Å². The maximum atomic E-state index is 13.5. The summed E-state index contributed by atoms with van der Waals surface area (Å²) < 4.78 is 18.7. The molecule has 0 saturated heterocycles. The van der Waals surface area contributed by atoms with Crippen LogP contribution in [0.2, 0.25) is 0 Å². The van der Waals surface area contributed by atoms with E-state index in [1.54, 1.807) is 18.2 Å². The van der Waals surface area contributed by atoms with Crippen LogP contribution in [0.15, 0.2) is 42.5 Å². The van der Waals surface area contributed by atoms with Gasteiger partial charge in [0, 0.05) is 12.1 Å². The van der Waals surface area contributed by atoms with Gasteiger partial charge in [0.05, 0.1) is 0 Å². The number of amides is 1. The molecule has 1 amide bonds. The molecule has 0 fully saturated rings. The topological polar surface area (TPSA) is 55.4 Å². The molecule has 2 aromatic carbocycles. The minimum Gasteiger partial charge on any atom is -0.453 e. The van der Waals surface area contributed by atoms with E-state index in [0.29, 0.717) is 11.3 Å². The Labute approximate surface area is 147 Å². The number of carbonyl (C=O) groups is 2. The van der Waals surface area contributed by atoms with Gasteiger partial charge < -0.3 is 10.1 Å². The van der Waals surface area contributed by atoms with Crippen LogP contribution in [0.25, 0.3) is 0 Å². The Balaban J connectivity index is 1.87. The smallest absolute Gasteiger partial charge is 0.306 e. The van der Waals surface area contributed by atoms with Gasteiger partial charge in [-0.3, -0.25) is 9.59 Å². The van der Waals surface area contributed by atoms with Gasteiger partial charge in [0.1, 0.15) is 5.82 Å². The second kappa shape index (κ2) is 8.42. The van der Waals surface area contributed by atoms with E-state index in [-0.39, 0.29) is 18.7 Å². The zero-order valence-electron chi connectivity index (χ0n) is 14.6. The summed E-state index contributed by atoms with van der Waals surface area (Å²) in [5, 5.41) is 2.76. The lowest BCUT2D eigenvalue weighted by atomic mass is 10.1. The average molecular weight is 343 g/mol. The average Bonchev–Trinajstić information content (AvgIpc) is 2.57. The summed E-state index contributed by atoms with van der Waals surface area (Å²) in [7, 11) is 0. The number of hydrogen-bond acceptors (Lipinski definition) is 3. The van der Waals surface area contributed by atoms with Crippen molar-refractivity contribution in [1.82, 2.24) is 0 Å². The monoisotopic (exact) mass is 343 g/mol. The van der Waals surface area contributed by atoms with Gasteiger partial charge in [-0.15, -0.1) is 0 Å². The Morgan fingerprint density at radius 2 is 1.88 bits per heavy atom. The van der Waals surface area contributed by atoms with Crippen molar-refractivity contribution < 1.29 is 18.7 Å². The summed E-state index contributed by atoms with van der Waals surface area (Å²) in [5.74, 6) is -1.28. The highest BCUT2D eigenvalue weighted by molar-refractivity contribution is 5.95. The fourth-order valence-corrected chi connectivity index (χ4v) is 2.35. The summed E-state index contributed by atoms with van der Waals surface area (Å²) in [6.45, 7) is 5.34. The van der Waals surface area contributed by atoms with Crippen LogP contribution in [0.4, 0.5) is 10.1 Å². The molecule has 0 aromatic heterocycles. The highest BCUT2D eigenvalue weighted by Crippen LogP contribution is 2.17. The molecule has 0 spiro atoms. The lowest BCUT2D eigenvalue weighted by Gasteiger charge is -2.15. The van der Waals surface area contributed by atoms with Gasteiger partial charge in [0.25, 0.3) is 5.91 Å². The normalized spacial score (nSPS) is 11.7. The summed E-state index contributed by atoms with van der Waals surface area (Å²) in [4.78, 5) is 24.1. The number of rotatable bonds is 6. The van der Waals surface area contributed by atoms with E-state index in [2.05, 4.69) is 5.32 Å². The van der Waals surface area contributed by atoms with Crippen LogP contribution in [0, 0.1) is 19.7 Å². The zero-order chi connectivity index (χ0) is 18.4. The number of halogens is 1. The molecule has 4 nitrogen and oxygen atoms in total. The molecule has 0 aliphatic carbocycles. The fourth-order valence-electron chi connectivity index (χ4n) is 2.35. The molecular weight excluding hydrogens is 321 g/mol. The first-order chi connectivity index (χ1) is 11.9. The molecule has 0 bridgehead atoms. The van der Waals surface area contributed by atoms with Gasteiger partial charge >= 0.3 is 5.97 Å². The van der Waals surface area contributed by atoms with Crippen molar-refractivity contribution in [2.24, 2.45) is 0 Å². The number of ether oxygens (including phenoxy) is 1. The Kier molecular flexibility index (Phi) is 6.28. The lowest BCUT2D eigenvalue weighted by molar-refractivity contribution is -0.153. The van der Waals surface area contributed by atoms with Gasteiger partial charge in [-0.1, -0.05) is 30.3 Å². The van der Waals surface area contributed by atoms with E-state index < -0.39 is 18.0 Å². The molecule has 132 valence electrons. The Bertz CT molecular complexity index is 773. The maximum absolute atomic E-state index is 13.5. The van der Waals surface area contributed by atoms with Gasteiger partial charge in [-0.25, -0.2) is 4.39 Å². The first-order valence-corrected chi connectivity index (χ1v) is 8.18. The Hall–Kier alpha value is -2.69. The quantitative estimate of drug-likeness (QED) is 0.808. The number of aryl methyl sites for hydroxylation is 3. The molecule has 5 heteroatoms. The molecule has 2 aromatic rings. The van der Waals surface area contributed by atoms with Crippen molar-refractivity contribution in [3.8, 4) is 0 Å². The van der Waals surface area contributed by atoms with Crippen LogP contribution < -0.4 is 5.32 Å². The van der Waals surface area contributed by atoms with Crippen molar-refractivity contribution in [3.05, 3.63) is 65.0 Å². The molecular formula is C20H22FNO3. The number of nitrogens with one attached hydrogen (secondary N) is 1. The third-order valence-corrected chi connectivity index (χ3v) is 3.88. The SMILES string of the molecule is Cc1ccc(C)c(NC(=O)[C@@H](C)OC(=O)CCc2ccccc2F)c1. The van der Waals surface area contributed by atoms with Crippen molar-refractivity contribution in [2.75, 3.05) is 5.32 Å². The van der Waals surface area contributed by atoms with Crippen molar-refractivity contribution >= 4 is 17.6 Å². The van der Waals surface area contributed by atoms with E-state index in [0.717, 1.165) is 11.1 Å². The van der Waals surface area contributed by atoms with Gasteiger partial charge in [0.15, 0.2) is 6.10 Å². The van der Waals surface area contributed by atoms with E-state index in [4.69, 9.17) is 4.74 Å². The molecule has 25 heavy (non-hydrogen) atoms. The highest BCUT2D eigenvalue weighted by atomic mass is 19.1. The molecule has 0 radical (unpaired) electrons. The van der Waals surface area contributed by atoms with Gasteiger partial charge in [0.2, 0.25) is 0 Å². The van der Waals surface area contributed by atoms with E-state index in [1.807, 2.05) is 32.0 Å². The van der Waals surface area contributed by atoms with Crippen LogP contribution in [-0.4, -0.2) is 18.0 Å². The number of carbonyl (C=O) groups excluding carboxylic acids is 2. The molecule has 2 rings (SSSR count). The number of benzene rings is 2. The molecule has 0 aliphatic heterocycles. The molecule has 0 heterocycles. The molecule has 1 N–H and O–H groups in total. The molecule has 0 unspecified atom stereocenters. The summed E-state index contributed by atoms with van der Waals surface area (Å²) >= 11 is 0. The zero-order valence-corrected chi connectivity index (χ0v) is 14.6. The third kappa shape index (κ3) is 5.41. The predicted octanol–water partition coefficient (Wildman–Crippen LogP) is 3.95. The largest absolute Gasteiger partial charge is 0.453 e. The molecule has 0 aliphatic rings. The van der Waals surface area contributed by atoms with Gasteiger partial charge in [-0.05, 0) is 56.0 Å². The van der Waals surface area contributed by atoms with Gasteiger partial charge in [-0.2, -0.15) is 0 Å². The second-order valence-corrected chi connectivity index (χ2v) is 6.03.